The Morgan fingerprint density at radius 3 is 2.80 bits per heavy atom. The normalized spacial score (nSPS) is 15.4. The molecule has 1 nitrogen and oxygen atoms in total. The summed E-state index contributed by atoms with van der Waals surface area (Å²) in [5.74, 6) is 0.673. The fourth-order valence-corrected chi connectivity index (χ4v) is 1.30. The maximum atomic E-state index is 8.60. The van der Waals surface area contributed by atoms with Gasteiger partial charge in [0.15, 0.2) is 0 Å². The number of hydrogen-bond acceptors (Lipinski definition) is 2. The summed E-state index contributed by atoms with van der Waals surface area (Å²) in [6.07, 6.45) is 0. The Morgan fingerprint density at radius 2 is 2.40 bits per heavy atom. The molecule has 0 aliphatic carbocycles. The Balaban J connectivity index is 3.35. The third-order valence-electron chi connectivity index (χ3n) is 0.881. The van der Waals surface area contributed by atoms with Crippen LogP contribution in [0.25, 0.3) is 0 Å². The quantitative estimate of drug-likeness (QED) is 0.753. The van der Waals surface area contributed by atoms with Gasteiger partial charge in [0.05, 0.1) is 6.61 Å². The molecule has 0 aromatic carbocycles. The average Bonchev–Trinajstić information content (AvgIpc) is 1.99. The largest absolute Gasteiger partial charge is 0.395 e. The highest BCUT2D eigenvalue weighted by Gasteiger charge is 2.00. The SMILES string of the molecule is CC(CO)SC/C(Cl)=C/Cl. The summed E-state index contributed by atoms with van der Waals surface area (Å²) in [7, 11) is 0. The van der Waals surface area contributed by atoms with E-state index in [-0.39, 0.29) is 11.9 Å². The van der Waals surface area contributed by atoms with Crippen molar-refractivity contribution in [2.45, 2.75) is 12.2 Å². The maximum absolute atomic E-state index is 8.60. The monoisotopic (exact) mass is 200 g/mol. The molecule has 0 saturated carbocycles. The topological polar surface area (TPSA) is 20.2 Å². The summed E-state index contributed by atoms with van der Waals surface area (Å²) in [6, 6.07) is 0. The highest BCUT2D eigenvalue weighted by Crippen LogP contribution is 2.16. The van der Waals surface area contributed by atoms with Gasteiger partial charge < -0.3 is 5.11 Å². The lowest BCUT2D eigenvalue weighted by Crippen LogP contribution is -2.02. The molecule has 0 rings (SSSR count). The summed E-state index contributed by atoms with van der Waals surface area (Å²) in [4.78, 5) is 0. The molecule has 0 aliphatic rings. The number of hydrogen-bond donors (Lipinski definition) is 1. The molecule has 0 aromatic heterocycles. The smallest absolute Gasteiger partial charge is 0.0547 e. The first-order valence-corrected chi connectivity index (χ1v) is 4.74. The van der Waals surface area contributed by atoms with E-state index in [0.717, 1.165) is 0 Å². The molecule has 1 atom stereocenters. The molecule has 0 radical (unpaired) electrons. The van der Waals surface area contributed by atoms with Crippen molar-refractivity contribution >= 4 is 35.0 Å². The lowest BCUT2D eigenvalue weighted by molar-refractivity contribution is 0.300. The van der Waals surface area contributed by atoms with Crippen LogP contribution in [0.2, 0.25) is 0 Å². The molecule has 0 heterocycles. The minimum absolute atomic E-state index is 0.178. The van der Waals surface area contributed by atoms with E-state index < -0.39 is 0 Å². The van der Waals surface area contributed by atoms with Crippen LogP contribution in [0.15, 0.2) is 10.6 Å². The Morgan fingerprint density at radius 1 is 1.80 bits per heavy atom. The first-order valence-electron chi connectivity index (χ1n) is 2.88. The second kappa shape index (κ2) is 6.35. The van der Waals surface area contributed by atoms with Crippen molar-refractivity contribution in [1.29, 1.82) is 0 Å². The number of aliphatic hydroxyl groups is 1. The molecule has 0 fully saturated rings. The van der Waals surface area contributed by atoms with Gasteiger partial charge in [0.25, 0.3) is 0 Å². The second-order valence-electron chi connectivity index (χ2n) is 1.86. The minimum atomic E-state index is 0.178. The van der Waals surface area contributed by atoms with E-state index in [1.54, 1.807) is 11.8 Å². The van der Waals surface area contributed by atoms with Crippen molar-refractivity contribution in [3.05, 3.63) is 10.6 Å². The molecule has 0 bridgehead atoms. The van der Waals surface area contributed by atoms with Crippen molar-refractivity contribution < 1.29 is 5.11 Å². The molecular formula is C6H10Cl2OS. The van der Waals surface area contributed by atoms with Crippen molar-refractivity contribution in [3.8, 4) is 0 Å². The first kappa shape index (κ1) is 10.6. The van der Waals surface area contributed by atoms with Crippen molar-refractivity contribution in [1.82, 2.24) is 0 Å². The molecule has 1 unspecified atom stereocenters. The van der Waals surface area contributed by atoms with E-state index >= 15 is 0 Å². The third-order valence-corrected chi connectivity index (χ3v) is 2.85. The van der Waals surface area contributed by atoms with Crippen LogP contribution in [-0.4, -0.2) is 22.7 Å². The zero-order chi connectivity index (χ0) is 7.98. The molecule has 0 spiro atoms. The summed E-state index contributed by atoms with van der Waals surface area (Å²) in [5.41, 5.74) is 1.35. The number of aliphatic hydroxyl groups excluding tert-OH is 1. The van der Waals surface area contributed by atoms with E-state index in [4.69, 9.17) is 28.3 Å². The van der Waals surface area contributed by atoms with Gasteiger partial charge in [-0.05, 0) is 0 Å². The van der Waals surface area contributed by atoms with Gasteiger partial charge in [-0.25, -0.2) is 0 Å². The zero-order valence-electron chi connectivity index (χ0n) is 5.68. The summed E-state index contributed by atoms with van der Waals surface area (Å²) in [5, 5.41) is 9.45. The van der Waals surface area contributed by atoms with Gasteiger partial charge in [-0.15, -0.1) is 0 Å². The maximum Gasteiger partial charge on any atom is 0.0547 e. The van der Waals surface area contributed by atoms with Gasteiger partial charge >= 0.3 is 0 Å². The van der Waals surface area contributed by atoms with E-state index in [1.807, 2.05) is 6.92 Å². The first-order chi connectivity index (χ1) is 4.70. The summed E-state index contributed by atoms with van der Waals surface area (Å²) >= 11 is 12.5. The third kappa shape index (κ3) is 5.42. The molecular weight excluding hydrogens is 191 g/mol. The molecule has 0 amide bonds. The number of rotatable bonds is 4. The van der Waals surface area contributed by atoms with Gasteiger partial charge in [-0.2, -0.15) is 11.8 Å². The number of halogens is 2. The van der Waals surface area contributed by atoms with Crippen LogP contribution in [-0.2, 0) is 0 Å². The number of thioether (sulfide) groups is 1. The summed E-state index contributed by atoms with van der Waals surface area (Å²) < 4.78 is 0. The van der Waals surface area contributed by atoms with Gasteiger partial charge in [-0.3, -0.25) is 0 Å². The molecule has 4 heteroatoms. The van der Waals surface area contributed by atoms with E-state index in [1.165, 1.54) is 5.54 Å². The molecule has 60 valence electrons. The summed E-state index contributed by atoms with van der Waals surface area (Å²) in [6.45, 7) is 2.11. The molecule has 0 saturated heterocycles. The van der Waals surface area contributed by atoms with E-state index in [0.29, 0.717) is 10.8 Å². The predicted octanol–water partition coefficient (Wildman–Crippen LogP) is 2.42. The van der Waals surface area contributed by atoms with Gasteiger partial charge in [0, 0.05) is 21.6 Å². The van der Waals surface area contributed by atoms with Crippen LogP contribution in [0.1, 0.15) is 6.92 Å². The lowest BCUT2D eigenvalue weighted by Gasteiger charge is -2.04. The highest BCUT2D eigenvalue weighted by molar-refractivity contribution is 8.00. The van der Waals surface area contributed by atoms with Crippen LogP contribution in [0.3, 0.4) is 0 Å². The Bertz CT molecular complexity index is 116. The van der Waals surface area contributed by atoms with Gasteiger partial charge in [-0.1, -0.05) is 30.1 Å². The van der Waals surface area contributed by atoms with Crippen LogP contribution in [0.5, 0.6) is 0 Å². The Labute approximate surface area is 75.4 Å². The van der Waals surface area contributed by atoms with Gasteiger partial charge in [0.2, 0.25) is 0 Å². The Kier molecular flexibility index (Phi) is 6.75. The van der Waals surface area contributed by atoms with Crippen LogP contribution >= 0.6 is 35.0 Å². The lowest BCUT2D eigenvalue weighted by atomic mass is 10.5. The zero-order valence-corrected chi connectivity index (χ0v) is 8.01. The minimum Gasteiger partial charge on any atom is -0.395 e. The fourth-order valence-electron chi connectivity index (χ4n) is 0.306. The Hall–Kier alpha value is 0.630. The van der Waals surface area contributed by atoms with Crippen LogP contribution in [0, 0.1) is 0 Å². The van der Waals surface area contributed by atoms with Crippen LogP contribution in [0.4, 0.5) is 0 Å². The van der Waals surface area contributed by atoms with Crippen molar-refractivity contribution in [2.75, 3.05) is 12.4 Å². The standard InChI is InChI=1S/C6H10Cl2OS/c1-5(3-9)10-4-6(8)2-7/h2,5,9H,3-4H2,1H3/b6-2-. The predicted molar refractivity (Wildman–Crippen MR) is 48.8 cm³/mol. The molecule has 1 N–H and O–H groups in total. The molecule has 10 heavy (non-hydrogen) atoms. The second-order valence-corrected chi connectivity index (χ2v) is 3.99. The highest BCUT2D eigenvalue weighted by atomic mass is 35.5. The molecule has 0 aromatic rings. The van der Waals surface area contributed by atoms with E-state index in [9.17, 15) is 0 Å². The van der Waals surface area contributed by atoms with Gasteiger partial charge in [0.1, 0.15) is 0 Å². The van der Waals surface area contributed by atoms with Crippen molar-refractivity contribution in [3.63, 3.8) is 0 Å². The molecule has 0 aliphatic heterocycles. The van der Waals surface area contributed by atoms with E-state index in [2.05, 4.69) is 0 Å². The average molecular weight is 201 g/mol. The van der Waals surface area contributed by atoms with Crippen LogP contribution < -0.4 is 0 Å². The fraction of sp³-hybridized carbons (Fsp3) is 0.667. The van der Waals surface area contributed by atoms with Crippen molar-refractivity contribution in [2.24, 2.45) is 0 Å².